The molecule has 100 valence electrons. The SMILES string of the molecule is COc1cccc(CCC(=O)c2ccccc2C#N)c1. The van der Waals surface area contributed by atoms with Gasteiger partial charge in [0.05, 0.1) is 18.7 Å². The highest BCUT2D eigenvalue weighted by Gasteiger charge is 2.10. The molecule has 0 amide bonds. The summed E-state index contributed by atoms with van der Waals surface area (Å²) in [6.45, 7) is 0. The van der Waals surface area contributed by atoms with Crippen LogP contribution in [-0.4, -0.2) is 12.9 Å². The molecular formula is C17H15NO2. The number of ketones is 1. The van der Waals surface area contributed by atoms with Gasteiger partial charge in [0.25, 0.3) is 0 Å². The van der Waals surface area contributed by atoms with E-state index < -0.39 is 0 Å². The fourth-order valence-electron chi connectivity index (χ4n) is 2.04. The Kier molecular flexibility index (Phi) is 4.52. The number of benzene rings is 2. The number of methoxy groups -OCH3 is 1. The second kappa shape index (κ2) is 6.53. The minimum atomic E-state index is -0.00929. The zero-order chi connectivity index (χ0) is 14.4. The number of rotatable bonds is 5. The summed E-state index contributed by atoms with van der Waals surface area (Å²) in [6.07, 6.45) is 1.02. The number of ether oxygens (including phenoxy) is 1. The third-order valence-electron chi connectivity index (χ3n) is 3.12. The second-order valence-electron chi connectivity index (χ2n) is 4.43. The van der Waals surface area contributed by atoms with E-state index in [0.29, 0.717) is 24.0 Å². The van der Waals surface area contributed by atoms with Crippen LogP contribution in [0.3, 0.4) is 0 Å². The minimum absolute atomic E-state index is 0.00929. The summed E-state index contributed by atoms with van der Waals surface area (Å²) in [5, 5.41) is 9.00. The van der Waals surface area contributed by atoms with Crippen molar-refractivity contribution >= 4 is 5.78 Å². The van der Waals surface area contributed by atoms with E-state index in [4.69, 9.17) is 10.00 Å². The molecule has 0 aliphatic carbocycles. The van der Waals surface area contributed by atoms with E-state index in [1.807, 2.05) is 24.3 Å². The lowest BCUT2D eigenvalue weighted by Crippen LogP contribution is -2.03. The van der Waals surface area contributed by atoms with Gasteiger partial charge in [-0.2, -0.15) is 5.26 Å². The largest absolute Gasteiger partial charge is 0.497 e. The van der Waals surface area contributed by atoms with Gasteiger partial charge in [0, 0.05) is 12.0 Å². The molecule has 0 N–H and O–H groups in total. The van der Waals surface area contributed by atoms with Crippen molar-refractivity contribution in [1.82, 2.24) is 0 Å². The normalized spacial score (nSPS) is 9.80. The van der Waals surface area contributed by atoms with Crippen LogP contribution in [0.1, 0.15) is 27.9 Å². The fourth-order valence-corrected chi connectivity index (χ4v) is 2.04. The maximum atomic E-state index is 12.2. The van der Waals surface area contributed by atoms with Crippen LogP contribution < -0.4 is 4.74 Å². The van der Waals surface area contributed by atoms with Crippen molar-refractivity contribution in [3.8, 4) is 11.8 Å². The summed E-state index contributed by atoms with van der Waals surface area (Å²) >= 11 is 0. The maximum Gasteiger partial charge on any atom is 0.164 e. The molecule has 3 nitrogen and oxygen atoms in total. The molecule has 0 saturated carbocycles. The monoisotopic (exact) mass is 265 g/mol. The number of hydrogen-bond donors (Lipinski definition) is 0. The van der Waals surface area contributed by atoms with E-state index in [2.05, 4.69) is 6.07 Å². The van der Waals surface area contributed by atoms with Crippen LogP contribution in [-0.2, 0) is 6.42 Å². The Morgan fingerprint density at radius 2 is 2.00 bits per heavy atom. The van der Waals surface area contributed by atoms with Gasteiger partial charge in [-0.05, 0) is 30.2 Å². The molecular weight excluding hydrogens is 250 g/mol. The Labute approximate surface area is 118 Å². The highest BCUT2D eigenvalue weighted by atomic mass is 16.5. The minimum Gasteiger partial charge on any atom is -0.497 e. The first-order valence-corrected chi connectivity index (χ1v) is 6.40. The summed E-state index contributed by atoms with van der Waals surface area (Å²) in [6, 6.07) is 16.6. The van der Waals surface area contributed by atoms with Crippen LogP contribution in [0.4, 0.5) is 0 Å². The molecule has 0 saturated heterocycles. The highest BCUT2D eigenvalue weighted by Crippen LogP contribution is 2.16. The van der Waals surface area contributed by atoms with Crippen LogP contribution in [0.2, 0.25) is 0 Å². The van der Waals surface area contributed by atoms with Gasteiger partial charge in [0.2, 0.25) is 0 Å². The van der Waals surface area contributed by atoms with Crippen LogP contribution in [0, 0.1) is 11.3 Å². The molecule has 0 aromatic heterocycles. The third kappa shape index (κ3) is 3.24. The van der Waals surface area contributed by atoms with Crippen molar-refractivity contribution in [2.45, 2.75) is 12.8 Å². The van der Waals surface area contributed by atoms with Gasteiger partial charge in [-0.15, -0.1) is 0 Å². The number of Topliss-reactive ketones (excluding diaryl/α,β-unsaturated/α-hetero) is 1. The van der Waals surface area contributed by atoms with Crippen molar-refractivity contribution in [3.05, 3.63) is 65.2 Å². The lowest BCUT2D eigenvalue weighted by atomic mass is 9.99. The van der Waals surface area contributed by atoms with Crippen molar-refractivity contribution < 1.29 is 9.53 Å². The van der Waals surface area contributed by atoms with Crippen molar-refractivity contribution in [3.63, 3.8) is 0 Å². The van der Waals surface area contributed by atoms with Gasteiger partial charge in [-0.1, -0.05) is 30.3 Å². The molecule has 0 bridgehead atoms. The maximum absolute atomic E-state index is 12.2. The quantitative estimate of drug-likeness (QED) is 0.779. The molecule has 0 aliphatic heterocycles. The molecule has 0 aliphatic rings. The van der Waals surface area contributed by atoms with Crippen molar-refractivity contribution in [2.24, 2.45) is 0 Å². The average Bonchev–Trinajstić information content (AvgIpc) is 2.52. The second-order valence-corrected chi connectivity index (χ2v) is 4.43. The van der Waals surface area contributed by atoms with E-state index in [-0.39, 0.29) is 5.78 Å². The number of hydrogen-bond acceptors (Lipinski definition) is 3. The van der Waals surface area contributed by atoms with Crippen molar-refractivity contribution in [2.75, 3.05) is 7.11 Å². The molecule has 0 unspecified atom stereocenters. The first-order chi connectivity index (χ1) is 9.74. The lowest BCUT2D eigenvalue weighted by molar-refractivity contribution is 0.0982. The molecule has 0 heterocycles. The number of nitrogens with zero attached hydrogens (tertiary/aromatic N) is 1. The lowest BCUT2D eigenvalue weighted by Gasteiger charge is -2.05. The Morgan fingerprint density at radius 1 is 1.20 bits per heavy atom. The van der Waals surface area contributed by atoms with Gasteiger partial charge < -0.3 is 4.74 Å². The van der Waals surface area contributed by atoms with Gasteiger partial charge >= 0.3 is 0 Å². The molecule has 0 fully saturated rings. The molecule has 0 spiro atoms. The standard InChI is InChI=1S/C17H15NO2/c1-20-15-7-4-5-13(11-15)9-10-17(19)16-8-3-2-6-14(16)12-18/h2-8,11H,9-10H2,1H3. The summed E-state index contributed by atoms with van der Waals surface area (Å²) in [4.78, 5) is 12.2. The van der Waals surface area contributed by atoms with E-state index in [9.17, 15) is 4.79 Å². The summed E-state index contributed by atoms with van der Waals surface area (Å²) in [5.41, 5.74) is 1.98. The smallest absolute Gasteiger partial charge is 0.164 e. The fraction of sp³-hybridized carbons (Fsp3) is 0.176. The summed E-state index contributed by atoms with van der Waals surface area (Å²) in [5.74, 6) is 0.775. The third-order valence-corrected chi connectivity index (χ3v) is 3.12. The Balaban J connectivity index is 2.07. The van der Waals surface area contributed by atoms with E-state index in [1.54, 1.807) is 31.4 Å². The number of nitriles is 1. The van der Waals surface area contributed by atoms with E-state index in [1.165, 1.54) is 0 Å². The highest BCUT2D eigenvalue weighted by molar-refractivity contribution is 5.98. The summed E-state index contributed by atoms with van der Waals surface area (Å²) in [7, 11) is 1.62. The zero-order valence-electron chi connectivity index (χ0n) is 11.3. The molecule has 20 heavy (non-hydrogen) atoms. The first-order valence-electron chi connectivity index (χ1n) is 6.40. The predicted molar refractivity (Wildman–Crippen MR) is 76.8 cm³/mol. The zero-order valence-corrected chi connectivity index (χ0v) is 11.3. The van der Waals surface area contributed by atoms with Gasteiger partial charge in [-0.3, -0.25) is 4.79 Å². The number of aryl methyl sites for hydroxylation is 1. The molecule has 3 heteroatoms. The predicted octanol–water partition coefficient (Wildman–Crippen LogP) is 3.38. The molecule has 0 atom stereocenters. The topological polar surface area (TPSA) is 50.1 Å². The van der Waals surface area contributed by atoms with Crippen LogP contribution in [0.5, 0.6) is 5.75 Å². The first kappa shape index (κ1) is 13.8. The van der Waals surface area contributed by atoms with E-state index >= 15 is 0 Å². The molecule has 0 radical (unpaired) electrons. The summed E-state index contributed by atoms with van der Waals surface area (Å²) < 4.78 is 5.15. The molecule has 2 aromatic carbocycles. The molecule has 2 aromatic rings. The Hall–Kier alpha value is -2.60. The number of carbonyl (C=O) groups excluding carboxylic acids is 1. The average molecular weight is 265 g/mol. The van der Waals surface area contributed by atoms with Crippen LogP contribution >= 0.6 is 0 Å². The van der Waals surface area contributed by atoms with Gasteiger partial charge in [-0.25, -0.2) is 0 Å². The van der Waals surface area contributed by atoms with Crippen LogP contribution in [0.15, 0.2) is 48.5 Å². The van der Waals surface area contributed by atoms with Crippen LogP contribution in [0.25, 0.3) is 0 Å². The van der Waals surface area contributed by atoms with Gasteiger partial charge in [0.1, 0.15) is 5.75 Å². The number of carbonyl (C=O) groups is 1. The van der Waals surface area contributed by atoms with Gasteiger partial charge in [0.15, 0.2) is 5.78 Å². The molecule has 2 rings (SSSR count). The Morgan fingerprint density at radius 3 is 2.75 bits per heavy atom. The van der Waals surface area contributed by atoms with E-state index in [0.717, 1.165) is 11.3 Å². The van der Waals surface area contributed by atoms with Crippen molar-refractivity contribution in [1.29, 1.82) is 5.26 Å². The Bertz CT molecular complexity index is 656.